The number of hydrogen-bond donors (Lipinski definition) is 1. The van der Waals surface area contributed by atoms with Crippen molar-refractivity contribution in [3.8, 4) is 0 Å². The lowest BCUT2D eigenvalue weighted by atomic mass is 10.1. The number of rotatable bonds is 10. The molecule has 4 rings (SSSR count). The van der Waals surface area contributed by atoms with E-state index in [9.17, 15) is 23.2 Å². The summed E-state index contributed by atoms with van der Waals surface area (Å²) in [6.07, 6.45) is 2.73. The second-order valence-electron chi connectivity index (χ2n) is 9.65. The molecular formula is C31H31F2N3O4. The maximum absolute atomic E-state index is 14.2. The lowest BCUT2D eigenvalue weighted by Gasteiger charge is -2.28. The fourth-order valence-electron chi connectivity index (χ4n) is 4.29. The topological polar surface area (TPSA) is 82.9 Å². The summed E-state index contributed by atoms with van der Waals surface area (Å²) in [5.74, 6) is -2.09. The maximum Gasteiger partial charge on any atom is 0.322 e. The molecule has 4 aromatic rings. The van der Waals surface area contributed by atoms with Gasteiger partial charge in [-0.1, -0.05) is 55.3 Å². The first kappa shape index (κ1) is 28.5. The highest BCUT2D eigenvalue weighted by Gasteiger charge is 2.24. The molecule has 0 bridgehead atoms. The number of urea groups is 1. The number of aryl methyl sites for hydroxylation is 1. The predicted octanol–water partition coefficient (Wildman–Crippen LogP) is 6.24. The summed E-state index contributed by atoms with van der Waals surface area (Å²) in [4.78, 5) is 42.8. The molecule has 0 fully saturated rings. The van der Waals surface area contributed by atoms with Crippen LogP contribution in [0.25, 0.3) is 11.0 Å². The highest BCUT2D eigenvalue weighted by molar-refractivity contribution is 5.92. The van der Waals surface area contributed by atoms with Gasteiger partial charge in [0, 0.05) is 19.2 Å². The fraction of sp³-hybridized carbons (Fsp3) is 0.258. The van der Waals surface area contributed by atoms with Crippen molar-refractivity contribution in [3.63, 3.8) is 0 Å². The largest absolute Gasteiger partial charge is 0.464 e. The summed E-state index contributed by atoms with van der Waals surface area (Å²) in [5.41, 5.74) is 2.09. The van der Waals surface area contributed by atoms with Crippen molar-refractivity contribution in [2.45, 2.75) is 39.8 Å². The van der Waals surface area contributed by atoms with E-state index in [0.717, 1.165) is 29.7 Å². The Kier molecular flexibility index (Phi) is 9.27. The van der Waals surface area contributed by atoms with E-state index >= 15 is 0 Å². The molecule has 1 N–H and O–H groups in total. The SMILES string of the molecule is CCCCN(CC(=O)N(Cc1ccccc1)Cc1coc2ccc(C)cc2c1=O)C(=O)Nc1ccc(F)cc1F. The number of amides is 3. The minimum absolute atomic E-state index is 0.0320. The van der Waals surface area contributed by atoms with Crippen LogP contribution in [0.1, 0.15) is 36.5 Å². The minimum atomic E-state index is -0.918. The molecule has 9 heteroatoms. The Morgan fingerprint density at radius 1 is 0.950 bits per heavy atom. The molecular weight excluding hydrogens is 516 g/mol. The van der Waals surface area contributed by atoms with Gasteiger partial charge in [0.1, 0.15) is 23.8 Å². The molecule has 0 atom stereocenters. The lowest BCUT2D eigenvalue weighted by molar-refractivity contribution is -0.133. The van der Waals surface area contributed by atoms with Crippen molar-refractivity contribution in [1.29, 1.82) is 0 Å². The lowest BCUT2D eigenvalue weighted by Crippen LogP contribution is -2.45. The van der Waals surface area contributed by atoms with Crippen LogP contribution in [0.2, 0.25) is 0 Å². The van der Waals surface area contributed by atoms with Crippen molar-refractivity contribution in [2.24, 2.45) is 0 Å². The number of hydrogen-bond acceptors (Lipinski definition) is 4. The zero-order chi connectivity index (χ0) is 28.6. The molecule has 0 aliphatic heterocycles. The van der Waals surface area contributed by atoms with E-state index in [0.29, 0.717) is 29.0 Å². The Balaban J connectivity index is 1.60. The summed E-state index contributed by atoms with van der Waals surface area (Å²) < 4.78 is 33.2. The third kappa shape index (κ3) is 7.11. The van der Waals surface area contributed by atoms with Gasteiger partial charge in [-0.15, -0.1) is 0 Å². The molecule has 0 spiro atoms. The Bertz CT molecular complexity index is 1560. The van der Waals surface area contributed by atoms with Crippen molar-refractivity contribution in [1.82, 2.24) is 9.80 Å². The summed E-state index contributed by atoms with van der Waals surface area (Å²) in [6.45, 7) is 3.92. The zero-order valence-corrected chi connectivity index (χ0v) is 22.5. The highest BCUT2D eigenvalue weighted by Crippen LogP contribution is 2.18. The number of halogens is 2. The summed E-state index contributed by atoms with van der Waals surface area (Å²) in [7, 11) is 0. The number of nitrogens with one attached hydrogen (secondary N) is 1. The molecule has 7 nitrogen and oxygen atoms in total. The molecule has 0 aliphatic carbocycles. The minimum Gasteiger partial charge on any atom is -0.464 e. The van der Waals surface area contributed by atoms with Gasteiger partial charge in [-0.2, -0.15) is 0 Å². The van der Waals surface area contributed by atoms with Crippen LogP contribution in [-0.4, -0.2) is 34.8 Å². The Morgan fingerprint density at radius 2 is 1.73 bits per heavy atom. The van der Waals surface area contributed by atoms with E-state index in [-0.39, 0.29) is 37.3 Å². The van der Waals surface area contributed by atoms with Crippen molar-refractivity contribution in [2.75, 3.05) is 18.4 Å². The van der Waals surface area contributed by atoms with E-state index < -0.39 is 23.6 Å². The predicted molar refractivity (Wildman–Crippen MR) is 150 cm³/mol. The molecule has 0 saturated carbocycles. The number of benzene rings is 3. The first-order chi connectivity index (χ1) is 19.2. The van der Waals surface area contributed by atoms with Crippen LogP contribution in [-0.2, 0) is 17.9 Å². The standard InChI is InChI=1S/C31H31F2N3O4/c1-3-4-14-35(31(39)34-27-12-11-24(32)16-26(27)33)19-29(37)36(17-22-8-6-5-7-9-22)18-23-20-40-28-13-10-21(2)15-25(28)30(23)38/h5-13,15-16,20H,3-4,14,17-19H2,1-2H3,(H,34,39). The van der Waals surface area contributed by atoms with Gasteiger partial charge >= 0.3 is 6.03 Å². The number of nitrogens with zero attached hydrogens (tertiary/aromatic N) is 2. The number of unbranched alkanes of at least 4 members (excludes halogenated alkanes) is 1. The molecule has 1 aromatic heterocycles. The summed E-state index contributed by atoms with van der Waals surface area (Å²) in [5, 5.41) is 2.86. The van der Waals surface area contributed by atoms with Crippen LogP contribution >= 0.6 is 0 Å². The van der Waals surface area contributed by atoms with Crippen molar-refractivity contribution in [3.05, 3.63) is 112 Å². The van der Waals surface area contributed by atoms with E-state index in [1.807, 2.05) is 50.2 Å². The monoisotopic (exact) mass is 547 g/mol. The van der Waals surface area contributed by atoms with Gasteiger partial charge in [-0.25, -0.2) is 13.6 Å². The third-order valence-electron chi connectivity index (χ3n) is 6.50. The second kappa shape index (κ2) is 13.0. The maximum atomic E-state index is 14.2. The Morgan fingerprint density at radius 3 is 2.45 bits per heavy atom. The van der Waals surface area contributed by atoms with Crippen LogP contribution in [0, 0.1) is 18.6 Å². The first-order valence-corrected chi connectivity index (χ1v) is 13.1. The highest BCUT2D eigenvalue weighted by atomic mass is 19.1. The van der Waals surface area contributed by atoms with Gasteiger partial charge < -0.3 is 19.5 Å². The Labute approximate surface area is 231 Å². The summed E-state index contributed by atoms with van der Waals surface area (Å²) in [6, 6.07) is 16.8. The van der Waals surface area contributed by atoms with Crippen LogP contribution < -0.4 is 10.7 Å². The normalized spacial score (nSPS) is 10.9. The van der Waals surface area contributed by atoms with E-state index in [1.54, 1.807) is 12.1 Å². The fourth-order valence-corrected chi connectivity index (χ4v) is 4.29. The van der Waals surface area contributed by atoms with Crippen molar-refractivity contribution >= 4 is 28.6 Å². The molecule has 0 unspecified atom stereocenters. The van der Waals surface area contributed by atoms with Crippen LogP contribution in [0.4, 0.5) is 19.3 Å². The van der Waals surface area contributed by atoms with Gasteiger partial charge in [0.05, 0.1) is 29.4 Å². The van der Waals surface area contributed by atoms with E-state index in [1.165, 1.54) is 16.1 Å². The van der Waals surface area contributed by atoms with Gasteiger partial charge in [-0.05, 0) is 43.2 Å². The van der Waals surface area contributed by atoms with Crippen molar-refractivity contribution < 1.29 is 22.8 Å². The second-order valence-corrected chi connectivity index (χ2v) is 9.65. The molecule has 1 heterocycles. The van der Waals surface area contributed by atoms with E-state index in [2.05, 4.69) is 5.32 Å². The van der Waals surface area contributed by atoms with Gasteiger partial charge in [-0.3, -0.25) is 9.59 Å². The average Bonchev–Trinajstić information content (AvgIpc) is 2.94. The van der Waals surface area contributed by atoms with Gasteiger partial charge in [0.25, 0.3) is 0 Å². The molecule has 3 aromatic carbocycles. The average molecular weight is 548 g/mol. The zero-order valence-electron chi connectivity index (χ0n) is 22.5. The molecule has 0 aliphatic rings. The molecule has 40 heavy (non-hydrogen) atoms. The molecule has 3 amide bonds. The summed E-state index contributed by atoms with van der Waals surface area (Å²) >= 11 is 0. The first-order valence-electron chi connectivity index (χ1n) is 13.1. The van der Waals surface area contributed by atoms with E-state index in [4.69, 9.17) is 4.42 Å². The number of carbonyl (C=O) groups excluding carboxylic acids is 2. The quantitative estimate of drug-likeness (QED) is 0.255. The molecule has 208 valence electrons. The molecule has 0 saturated heterocycles. The third-order valence-corrected chi connectivity index (χ3v) is 6.50. The van der Waals surface area contributed by atoms with Crippen LogP contribution in [0.3, 0.4) is 0 Å². The number of carbonyl (C=O) groups is 2. The van der Waals surface area contributed by atoms with Crippen LogP contribution in [0.15, 0.2) is 82.2 Å². The molecule has 0 radical (unpaired) electrons. The van der Waals surface area contributed by atoms with Gasteiger partial charge in [0.15, 0.2) is 5.43 Å². The van der Waals surface area contributed by atoms with Gasteiger partial charge in [0.2, 0.25) is 5.91 Å². The van der Waals surface area contributed by atoms with Crippen LogP contribution in [0.5, 0.6) is 0 Å². The number of anilines is 1. The smallest absolute Gasteiger partial charge is 0.322 e. The number of fused-ring (bicyclic) bond motifs is 1. The Hall–Kier alpha value is -4.53.